The highest BCUT2D eigenvalue weighted by molar-refractivity contribution is 5.73. The molecule has 1 rings (SSSR count). The minimum absolute atomic E-state index is 0.0125. The van der Waals surface area contributed by atoms with Crippen LogP contribution in [0.5, 0.6) is 5.75 Å². The number of rotatable bonds is 9. The molecule has 1 amide bonds. The Bertz CT molecular complexity index is 410. The second-order valence-corrected chi connectivity index (χ2v) is 4.82. The molecule has 3 nitrogen and oxygen atoms in total. The SMILES string of the molecule is CCCCCCOc1ccc(C=CCNC(C)=O)cc1. The average Bonchev–Trinajstić information content (AvgIpc) is 2.44. The van der Waals surface area contributed by atoms with Crippen molar-refractivity contribution in [1.29, 1.82) is 0 Å². The van der Waals surface area contributed by atoms with Crippen LogP contribution in [0.25, 0.3) is 6.08 Å². The van der Waals surface area contributed by atoms with Gasteiger partial charge in [0.2, 0.25) is 5.91 Å². The molecule has 0 fully saturated rings. The van der Waals surface area contributed by atoms with Crippen LogP contribution in [-0.2, 0) is 4.79 Å². The molecule has 0 aliphatic carbocycles. The second-order valence-electron chi connectivity index (χ2n) is 4.82. The molecule has 0 aliphatic rings. The summed E-state index contributed by atoms with van der Waals surface area (Å²) in [7, 11) is 0. The molecule has 0 atom stereocenters. The van der Waals surface area contributed by atoms with E-state index in [0.29, 0.717) is 6.54 Å². The molecule has 0 bridgehead atoms. The Morgan fingerprint density at radius 3 is 2.60 bits per heavy atom. The standard InChI is InChI=1S/C17H25NO2/c1-3-4-5-6-14-20-17-11-9-16(10-12-17)8-7-13-18-15(2)19/h7-12H,3-6,13-14H2,1-2H3,(H,18,19). The lowest BCUT2D eigenvalue weighted by Gasteiger charge is -2.06. The fourth-order valence-corrected chi connectivity index (χ4v) is 1.79. The highest BCUT2D eigenvalue weighted by Gasteiger charge is 1.94. The van der Waals surface area contributed by atoms with E-state index in [1.807, 2.05) is 36.4 Å². The molecule has 1 aromatic carbocycles. The van der Waals surface area contributed by atoms with Crippen LogP contribution >= 0.6 is 0 Å². The van der Waals surface area contributed by atoms with Crippen molar-refractivity contribution in [3.05, 3.63) is 35.9 Å². The van der Waals surface area contributed by atoms with Crippen LogP contribution in [0.15, 0.2) is 30.3 Å². The smallest absolute Gasteiger partial charge is 0.217 e. The van der Waals surface area contributed by atoms with Gasteiger partial charge in [-0.1, -0.05) is 50.5 Å². The summed E-state index contributed by atoms with van der Waals surface area (Å²) >= 11 is 0. The third kappa shape index (κ3) is 7.62. The van der Waals surface area contributed by atoms with Gasteiger partial charge < -0.3 is 10.1 Å². The van der Waals surface area contributed by atoms with Crippen molar-refractivity contribution < 1.29 is 9.53 Å². The molecule has 0 aliphatic heterocycles. The van der Waals surface area contributed by atoms with Gasteiger partial charge in [-0.25, -0.2) is 0 Å². The number of nitrogens with one attached hydrogen (secondary N) is 1. The molecule has 110 valence electrons. The minimum Gasteiger partial charge on any atom is -0.494 e. The fourth-order valence-electron chi connectivity index (χ4n) is 1.79. The van der Waals surface area contributed by atoms with Crippen LogP contribution in [0.1, 0.15) is 45.1 Å². The summed E-state index contributed by atoms with van der Waals surface area (Å²) in [5.41, 5.74) is 1.11. The summed E-state index contributed by atoms with van der Waals surface area (Å²) in [4.78, 5) is 10.7. The molecular formula is C17H25NO2. The lowest BCUT2D eigenvalue weighted by molar-refractivity contribution is -0.118. The number of benzene rings is 1. The van der Waals surface area contributed by atoms with Gasteiger partial charge in [-0.3, -0.25) is 4.79 Å². The largest absolute Gasteiger partial charge is 0.494 e. The summed E-state index contributed by atoms with van der Waals surface area (Å²) in [5, 5.41) is 2.72. The maximum absolute atomic E-state index is 10.7. The molecular weight excluding hydrogens is 250 g/mol. The van der Waals surface area contributed by atoms with Gasteiger partial charge in [-0.05, 0) is 24.1 Å². The number of unbranched alkanes of at least 4 members (excludes halogenated alkanes) is 3. The molecule has 0 aromatic heterocycles. The molecule has 0 unspecified atom stereocenters. The molecule has 3 heteroatoms. The maximum atomic E-state index is 10.7. The van der Waals surface area contributed by atoms with Gasteiger partial charge in [0.05, 0.1) is 6.61 Å². The maximum Gasteiger partial charge on any atom is 0.217 e. The Kier molecular flexibility index (Phi) is 8.20. The lowest BCUT2D eigenvalue weighted by atomic mass is 10.2. The van der Waals surface area contributed by atoms with E-state index in [1.165, 1.54) is 26.2 Å². The number of amides is 1. The molecule has 0 saturated heterocycles. The van der Waals surface area contributed by atoms with Crippen molar-refractivity contribution in [3.8, 4) is 5.75 Å². The Morgan fingerprint density at radius 2 is 1.95 bits per heavy atom. The van der Waals surface area contributed by atoms with E-state index in [-0.39, 0.29) is 5.91 Å². The van der Waals surface area contributed by atoms with Gasteiger partial charge in [-0.15, -0.1) is 0 Å². The normalized spacial score (nSPS) is 10.7. The zero-order valence-electron chi connectivity index (χ0n) is 12.5. The minimum atomic E-state index is -0.0125. The third-order valence-corrected chi connectivity index (χ3v) is 2.93. The van der Waals surface area contributed by atoms with Crippen molar-refractivity contribution >= 4 is 12.0 Å². The van der Waals surface area contributed by atoms with E-state index in [1.54, 1.807) is 0 Å². The van der Waals surface area contributed by atoms with Crippen molar-refractivity contribution in [2.24, 2.45) is 0 Å². The molecule has 20 heavy (non-hydrogen) atoms. The van der Waals surface area contributed by atoms with Gasteiger partial charge in [0, 0.05) is 13.5 Å². The van der Waals surface area contributed by atoms with Crippen LogP contribution in [-0.4, -0.2) is 19.1 Å². The van der Waals surface area contributed by atoms with Crippen LogP contribution in [0.4, 0.5) is 0 Å². The van der Waals surface area contributed by atoms with E-state index in [0.717, 1.165) is 24.3 Å². The summed E-state index contributed by atoms with van der Waals surface area (Å²) in [6, 6.07) is 8.01. The lowest BCUT2D eigenvalue weighted by Crippen LogP contribution is -2.19. The van der Waals surface area contributed by atoms with Crippen LogP contribution in [0, 0.1) is 0 Å². The van der Waals surface area contributed by atoms with Crippen LogP contribution < -0.4 is 10.1 Å². The van der Waals surface area contributed by atoms with Crippen molar-refractivity contribution in [2.45, 2.75) is 39.5 Å². The van der Waals surface area contributed by atoms with E-state index in [4.69, 9.17) is 4.74 Å². The number of carbonyl (C=O) groups excluding carboxylic acids is 1. The monoisotopic (exact) mass is 275 g/mol. The first-order chi connectivity index (χ1) is 9.72. The first-order valence-corrected chi connectivity index (χ1v) is 7.36. The first kappa shape index (κ1) is 16.3. The molecule has 0 radical (unpaired) electrons. The van der Waals surface area contributed by atoms with E-state index < -0.39 is 0 Å². The average molecular weight is 275 g/mol. The summed E-state index contributed by atoms with van der Waals surface area (Å²) < 4.78 is 5.68. The molecule has 0 heterocycles. The van der Waals surface area contributed by atoms with Crippen molar-refractivity contribution in [2.75, 3.05) is 13.2 Å². The topological polar surface area (TPSA) is 38.3 Å². The van der Waals surface area contributed by atoms with E-state index in [2.05, 4.69) is 12.2 Å². The Morgan fingerprint density at radius 1 is 1.20 bits per heavy atom. The highest BCUT2D eigenvalue weighted by Crippen LogP contribution is 2.13. The zero-order chi connectivity index (χ0) is 14.6. The Hall–Kier alpha value is -1.77. The number of hydrogen-bond donors (Lipinski definition) is 1. The van der Waals surface area contributed by atoms with Crippen molar-refractivity contribution in [3.63, 3.8) is 0 Å². The summed E-state index contributed by atoms with van der Waals surface area (Å²) in [5.74, 6) is 0.905. The van der Waals surface area contributed by atoms with E-state index >= 15 is 0 Å². The molecule has 0 saturated carbocycles. The molecule has 1 N–H and O–H groups in total. The quantitative estimate of drug-likeness (QED) is 0.696. The Balaban J connectivity index is 2.27. The van der Waals surface area contributed by atoms with Gasteiger partial charge in [0.25, 0.3) is 0 Å². The van der Waals surface area contributed by atoms with Gasteiger partial charge in [-0.2, -0.15) is 0 Å². The third-order valence-electron chi connectivity index (χ3n) is 2.93. The second kappa shape index (κ2) is 10.1. The Labute approximate surface area is 122 Å². The molecule has 0 spiro atoms. The summed E-state index contributed by atoms with van der Waals surface area (Å²) in [6.07, 6.45) is 8.80. The van der Waals surface area contributed by atoms with Gasteiger partial charge in [0.1, 0.15) is 5.75 Å². The predicted octanol–water partition coefficient (Wildman–Crippen LogP) is 3.80. The summed E-state index contributed by atoms with van der Waals surface area (Å²) in [6.45, 7) is 5.07. The molecule has 1 aromatic rings. The number of hydrogen-bond acceptors (Lipinski definition) is 2. The van der Waals surface area contributed by atoms with Crippen LogP contribution in [0.3, 0.4) is 0 Å². The van der Waals surface area contributed by atoms with E-state index in [9.17, 15) is 4.79 Å². The zero-order valence-corrected chi connectivity index (χ0v) is 12.5. The highest BCUT2D eigenvalue weighted by atomic mass is 16.5. The number of carbonyl (C=O) groups is 1. The first-order valence-electron chi connectivity index (χ1n) is 7.36. The fraction of sp³-hybridized carbons (Fsp3) is 0.471. The van der Waals surface area contributed by atoms with Crippen LogP contribution in [0.2, 0.25) is 0 Å². The van der Waals surface area contributed by atoms with Gasteiger partial charge >= 0.3 is 0 Å². The predicted molar refractivity (Wildman–Crippen MR) is 83.8 cm³/mol. The van der Waals surface area contributed by atoms with Gasteiger partial charge in [0.15, 0.2) is 0 Å². The van der Waals surface area contributed by atoms with Crippen molar-refractivity contribution in [1.82, 2.24) is 5.32 Å². The number of ether oxygens (including phenoxy) is 1.